The molecular weight excluding hydrogens is 350 g/mol. The Bertz CT molecular complexity index is 745. The number of halogens is 1. The predicted octanol–water partition coefficient (Wildman–Crippen LogP) is 3.44. The molecule has 0 aliphatic carbocycles. The van der Waals surface area contributed by atoms with Gasteiger partial charge >= 0.3 is 0 Å². The summed E-state index contributed by atoms with van der Waals surface area (Å²) in [6.45, 7) is 2.89. The van der Waals surface area contributed by atoms with E-state index in [4.69, 9.17) is 21.1 Å². The van der Waals surface area contributed by atoms with Gasteiger partial charge in [0.25, 0.3) is 0 Å². The molecule has 0 atom stereocenters. The Morgan fingerprint density at radius 2 is 1.50 bits per heavy atom. The molecule has 0 amide bonds. The lowest BCUT2D eigenvalue weighted by molar-refractivity contribution is 0.287. The maximum absolute atomic E-state index is 12.5. The fourth-order valence-corrected chi connectivity index (χ4v) is 3.28. The topological polar surface area (TPSA) is 55.8 Å². The molecule has 0 bridgehead atoms. The number of nitrogens with zero attached hydrogens (tertiary/aromatic N) is 1. The van der Waals surface area contributed by atoms with E-state index >= 15 is 0 Å². The van der Waals surface area contributed by atoms with Gasteiger partial charge in [-0.25, -0.2) is 8.42 Å². The molecule has 2 aromatic rings. The van der Waals surface area contributed by atoms with Gasteiger partial charge in [-0.15, -0.1) is 0 Å². The predicted molar refractivity (Wildman–Crippen MR) is 94.4 cm³/mol. The van der Waals surface area contributed by atoms with E-state index in [1.807, 2.05) is 6.92 Å². The number of rotatable bonds is 8. The number of likely N-dealkylation sites (N-methyl/N-ethyl adjacent to an activating group) is 1. The summed E-state index contributed by atoms with van der Waals surface area (Å²) in [6.07, 6.45) is 0. The monoisotopic (exact) mass is 369 g/mol. The average molecular weight is 370 g/mol. The summed E-state index contributed by atoms with van der Waals surface area (Å²) in [4.78, 5) is 0.222. The second-order valence-corrected chi connectivity index (χ2v) is 7.51. The molecule has 0 radical (unpaired) electrons. The largest absolute Gasteiger partial charge is 0.494 e. The van der Waals surface area contributed by atoms with Crippen LogP contribution in [-0.4, -0.2) is 39.5 Å². The van der Waals surface area contributed by atoms with Crippen LogP contribution in [0.2, 0.25) is 5.02 Å². The van der Waals surface area contributed by atoms with Gasteiger partial charge in [0.05, 0.1) is 11.5 Å². The molecule has 2 aromatic carbocycles. The maximum atomic E-state index is 12.5. The van der Waals surface area contributed by atoms with Gasteiger partial charge in [0.2, 0.25) is 10.0 Å². The zero-order chi connectivity index (χ0) is 17.6. The van der Waals surface area contributed by atoms with Crippen LogP contribution in [0.3, 0.4) is 0 Å². The van der Waals surface area contributed by atoms with Gasteiger partial charge in [-0.1, -0.05) is 11.6 Å². The molecule has 0 saturated carbocycles. The van der Waals surface area contributed by atoms with Crippen molar-refractivity contribution in [2.45, 2.75) is 11.8 Å². The van der Waals surface area contributed by atoms with Crippen LogP contribution in [0, 0.1) is 0 Å². The molecule has 0 fully saturated rings. The molecule has 0 aliphatic heterocycles. The summed E-state index contributed by atoms with van der Waals surface area (Å²) in [5, 5.41) is 0.623. The number of hydrogen-bond donors (Lipinski definition) is 0. The molecule has 0 aromatic heterocycles. The van der Waals surface area contributed by atoms with E-state index in [2.05, 4.69) is 0 Å². The van der Waals surface area contributed by atoms with Crippen molar-refractivity contribution in [1.82, 2.24) is 4.31 Å². The summed E-state index contributed by atoms with van der Waals surface area (Å²) < 4.78 is 37.1. The van der Waals surface area contributed by atoms with Crippen molar-refractivity contribution >= 4 is 21.6 Å². The second-order valence-electron chi connectivity index (χ2n) is 5.03. The minimum absolute atomic E-state index is 0.222. The Hall–Kier alpha value is -1.76. The van der Waals surface area contributed by atoms with Crippen molar-refractivity contribution in [3.8, 4) is 11.5 Å². The van der Waals surface area contributed by atoms with Crippen LogP contribution in [0.4, 0.5) is 0 Å². The van der Waals surface area contributed by atoms with Crippen molar-refractivity contribution in [3.05, 3.63) is 53.6 Å². The van der Waals surface area contributed by atoms with Gasteiger partial charge in [0, 0.05) is 18.6 Å². The zero-order valence-electron chi connectivity index (χ0n) is 13.6. The second kappa shape index (κ2) is 8.37. The highest BCUT2D eigenvalue weighted by Crippen LogP contribution is 2.19. The Morgan fingerprint density at radius 1 is 0.958 bits per heavy atom. The molecule has 0 heterocycles. The van der Waals surface area contributed by atoms with E-state index in [9.17, 15) is 8.42 Å². The van der Waals surface area contributed by atoms with Crippen LogP contribution in [0.15, 0.2) is 53.4 Å². The lowest BCUT2D eigenvalue weighted by Gasteiger charge is -2.17. The van der Waals surface area contributed by atoms with Crippen molar-refractivity contribution in [2.24, 2.45) is 0 Å². The highest BCUT2D eigenvalue weighted by Gasteiger charge is 2.20. The first-order valence-corrected chi connectivity index (χ1v) is 9.33. The third-order valence-corrected chi connectivity index (χ3v) is 5.45. The van der Waals surface area contributed by atoms with E-state index in [0.29, 0.717) is 23.1 Å². The molecule has 0 N–H and O–H groups in total. The van der Waals surface area contributed by atoms with Crippen molar-refractivity contribution in [1.29, 1.82) is 0 Å². The molecule has 7 heteroatoms. The summed E-state index contributed by atoms with van der Waals surface area (Å²) >= 11 is 5.80. The quantitative estimate of drug-likeness (QED) is 0.715. The molecule has 5 nitrogen and oxygen atoms in total. The lowest BCUT2D eigenvalue weighted by Crippen LogP contribution is -2.31. The lowest BCUT2D eigenvalue weighted by atomic mass is 10.3. The first kappa shape index (κ1) is 18.6. The van der Waals surface area contributed by atoms with E-state index in [0.717, 1.165) is 0 Å². The minimum atomic E-state index is -3.56. The summed E-state index contributed by atoms with van der Waals surface area (Å²) in [5.74, 6) is 1.29. The number of sulfonamides is 1. The van der Waals surface area contributed by atoms with E-state index < -0.39 is 10.0 Å². The first-order valence-electron chi connectivity index (χ1n) is 7.51. The van der Waals surface area contributed by atoms with Crippen molar-refractivity contribution in [2.75, 3.05) is 26.8 Å². The molecule has 0 unspecified atom stereocenters. The fourth-order valence-electron chi connectivity index (χ4n) is 2.00. The van der Waals surface area contributed by atoms with Crippen LogP contribution < -0.4 is 9.47 Å². The van der Waals surface area contributed by atoms with Crippen molar-refractivity contribution < 1.29 is 17.9 Å². The van der Waals surface area contributed by atoms with Gasteiger partial charge in [-0.2, -0.15) is 4.31 Å². The number of benzene rings is 2. The molecule has 2 rings (SSSR count). The smallest absolute Gasteiger partial charge is 0.242 e. The normalized spacial score (nSPS) is 11.5. The van der Waals surface area contributed by atoms with E-state index in [-0.39, 0.29) is 18.0 Å². The Labute approximate surface area is 147 Å². The fraction of sp³-hybridized carbons (Fsp3) is 0.294. The Balaban J connectivity index is 1.94. The summed E-state index contributed by atoms with van der Waals surface area (Å²) in [7, 11) is -2.03. The van der Waals surface area contributed by atoms with Gasteiger partial charge < -0.3 is 9.47 Å². The zero-order valence-corrected chi connectivity index (χ0v) is 15.2. The molecular formula is C17H20ClNO4S. The van der Waals surface area contributed by atoms with Crippen LogP contribution in [0.25, 0.3) is 0 Å². The van der Waals surface area contributed by atoms with E-state index in [1.165, 1.54) is 23.5 Å². The highest BCUT2D eigenvalue weighted by atomic mass is 35.5. The molecule has 0 saturated heterocycles. The van der Waals surface area contributed by atoms with Gasteiger partial charge in [0.15, 0.2) is 0 Å². The van der Waals surface area contributed by atoms with Gasteiger partial charge in [-0.3, -0.25) is 0 Å². The Kier molecular flexibility index (Phi) is 6.48. The minimum Gasteiger partial charge on any atom is -0.494 e. The number of ether oxygens (including phenoxy) is 2. The standard InChI is InChI=1S/C17H20ClNO4S/c1-3-22-15-8-10-17(11-9-15)24(20,21)19(2)12-13-23-16-6-4-14(18)5-7-16/h4-11H,3,12-13H2,1-2H3. The highest BCUT2D eigenvalue weighted by molar-refractivity contribution is 7.89. The van der Waals surface area contributed by atoms with Crippen molar-refractivity contribution in [3.63, 3.8) is 0 Å². The number of hydrogen-bond acceptors (Lipinski definition) is 4. The summed E-state index contributed by atoms with van der Waals surface area (Å²) in [6, 6.07) is 13.3. The van der Waals surface area contributed by atoms with E-state index in [1.54, 1.807) is 36.4 Å². The van der Waals surface area contributed by atoms with Gasteiger partial charge in [0.1, 0.15) is 18.1 Å². The third-order valence-electron chi connectivity index (χ3n) is 3.33. The Morgan fingerprint density at radius 3 is 2.08 bits per heavy atom. The van der Waals surface area contributed by atoms with Crippen LogP contribution in [0.1, 0.15) is 6.92 Å². The molecule has 130 valence electrons. The molecule has 0 aliphatic rings. The maximum Gasteiger partial charge on any atom is 0.242 e. The molecule has 24 heavy (non-hydrogen) atoms. The van der Waals surface area contributed by atoms with Crippen LogP contribution in [0.5, 0.6) is 11.5 Å². The SMILES string of the molecule is CCOc1ccc(S(=O)(=O)N(C)CCOc2ccc(Cl)cc2)cc1. The van der Waals surface area contributed by atoms with Gasteiger partial charge in [-0.05, 0) is 55.5 Å². The van der Waals surface area contributed by atoms with Crippen LogP contribution >= 0.6 is 11.6 Å². The summed E-state index contributed by atoms with van der Waals surface area (Å²) in [5.41, 5.74) is 0. The average Bonchev–Trinajstić information content (AvgIpc) is 2.57. The molecule has 0 spiro atoms. The first-order chi connectivity index (χ1) is 11.4. The third kappa shape index (κ3) is 4.87. The van der Waals surface area contributed by atoms with Crippen LogP contribution in [-0.2, 0) is 10.0 Å².